The van der Waals surface area contributed by atoms with Gasteiger partial charge >= 0.3 is 0 Å². The first-order valence-corrected chi connectivity index (χ1v) is 9.61. The van der Waals surface area contributed by atoms with E-state index in [1.54, 1.807) is 45.4 Å². The van der Waals surface area contributed by atoms with Crippen LogP contribution in [0.15, 0.2) is 47.4 Å². The number of sulfonamides is 1. The van der Waals surface area contributed by atoms with Gasteiger partial charge in [0.05, 0.1) is 19.1 Å². The topological polar surface area (TPSA) is 64.6 Å². The van der Waals surface area contributed by atoms with Crippen LogP contribution in [-0.2, 0) is 10.0 Å². The molecule has 0 fully saturated rings. The van der Waals surface area contributed by atoms with Gasteiger partial charge in [-0.25, -0.2) is 13.1 Å². The molecule has 0 aliphatic heterocycles. The van der Waals surface area contributed by atoms with Gasteiger partial charge in [-0.3, -0.25) is 0 Å². The average molecular weight is 363 g/mol. The number of nitrogens with one attached hydrogen (secondary N) is 1. The molecule has 1 atom stereocenters. The normalized spacial score (nSPS) is 12.9. The van der Waals surface area contributed by atoms with E-state index < -0.39 is 16.1 Å². The van der Waals surface area contributed by atoms with E-state index in [-0.39, 0.29) is 4.90 Å². The van der Waals surface area contributed by atoms with Crippen LogP contribution in [0, 0.1) is 0 Å². The standard InChI is InChI=1S/C19H25NO4S/c1-13(2)15-6-9-17(10-7-15)25(21,22)20-14(3)16-8-11-18(23-4)19(12-16)24-5/h6-14,20H,1-5H3. The number of benzene rings is 2. The van der Waals surface area contributed by atoms with Gasteiger partial charge in [-0.2, -0.15) is 0 Å². The number of hydrogen-bond donors (Lipinski definition) is 1. The number of rotatable bonds is 7. The van der Waals surface area contributed by atoms with Crippen LogP contribution in [0.2, 0.25) is 0 Å². The molecule has 0 aliphatic carbocycles. The summed E-state index contributed by atoms with van der Waals surface area (Å²) in [5, 5.41) is 0. The molecule has 0 heterocycles. The lowest BCUT2D eigenvalue weighted by Crippen LogP contribution is -2.27. The molecule has 0 amide bonds. The molecule has 0 saturated carbocycles. The van der Waals surface area contributed by atoms with Crippen LogP contribution in [-0.4, -0.2) is 22.6 Å². The largest absolute Gasteiger partial charge is 0.493 e. The highest BCUT2D eigenvalue weighted by atomic mass is 32.2. The predicted octanol–water partition coefficient (Wildman–Crippen LogP) is 3.87. The second-order valence-corrected chi connectivity index (χ2v) is 7.90. The molecule has 136 valence electrons. The molecule has 0 bridgehead atoms. The molecular formula is C19H25NO4S. The third-order valence-corrected chi connectivity index (χ3v) is 5.65. The summed E-state index contributed by atoms with van der Waals surface area (Å²) in [6, 6.07) is 11.9. The van der Waals surface area contributed by atoms with E-state index in [1.165, 1.54) is 0 Å². The van der Waals surface area contributed by atoms with Crippen molar-refractivity contribution in [2.75, 3.05) is 14.2 Å². The lowest BCUT2D eigenvalue weighted by atomic mass is 10.0. The van der Waals surface area contributed by atoms with Crippen molar-refractivity contribution in [2.45, 2.75) is 37.6 Å². The Labute approximate surface area is 150 Å². The molecule has 25 heavy (non-hydrogen) atoms. The zero-order valence-electron chi connectivity index (χ0n) is 15.2. The lowest BCUT2D eigenvalue weighted by Gasteiger charge is -2.17. The quantitative estimate of drug-likeness (QED) is 0.811. The van der Waals surface area contributed by atoms with E-state index >= 15 is 0 Å². The van der Waals surface area contributed by atoms with Crippen molar-refractivity contribution in [1.82, 2.24) is 4.72 Å². The van der Waals surface area contributed by atoms with Gasteiger partial charge in [-0.15, -0.1) is 0 Å². The molecule has 2 rings (SSSR count). The first-order valence-electron chi connectivity index (χ1n) is 8.12. The fourth-order valence-electron chi connectivity index (χ4n) is 2.52. The van der Waals surface area contributed by atoms with Gasteiger partial charge in [-0.1, -0.05) is 32.0 Å². The zero-order valence-corrected chi connectivity index (χ0v) is 16.1. The predicted molar refractivity (Wildman–Crippen MR) is 98.8 cm³/mol. The minimum absolute atomic E-state index is 0.254. The number of hydrogen-bond acceptors (Lipinski definition) is 4. The van der Waals surface area contributed by atoms with Crippen LogP contribution in [0.1, 0.15) is 43.9 Å². The highest BCUT2D eigenvalue weighted by Gasteiger charge is 2.19. The number of ether oxygens (including phenoxy) is 2. The maximum Gasteiger partial charge on any atom is 0.241 e. The first kappa shape index (κ1) is 19.3. The monoisotopic (exact) mass is 363 g/mol. The van der Waals surface area contributed by atoms with Crippen molar-refractivity contribution >= 4 is 10.0 Å². The van der Waals surface area contributed by atoms with E-state index in [2.05, 4.69) is 18.6 Å². The average Bonchev–Trinajstić information content (AvgIpc) is 2.60. The molecule has 1 unspecified atom stereocenters. The molecular weight excluding hydrogens is 338 g/mol. The third kappa shape index (κ3) is 4.52. The highest BCUT2D eigenvalue weighted by Crippen LogP contribution is 2.30. The summed E-state index contributed by atoms with van der Waals surface area (Å²) >= 11 is 0. The Morgan fingerprint density at radius 1 is 0.840 bits per heavy atom. The van der Waals surface area contributed by atoms with Crippen molar-refractivity contribution in [2.24, 2.45) is 0 Å². The van der Waals surface area contributed by atoms with Crippen LogP contribution in [0.5, 0.6) is 11.5 Å². The van der Waals surface area contributed by atoms with Crippen LogP contribution in [0.4, 0.5) is 0 Å². The maximum absolute atomic E-state index is 12.6. The van der Waals surface area contributed by atoms with Gasteiger partial charge in [0.15, 0.2) is 11.5 Å². The van der Waals surface area contributed by atoms with E-state index in [4.69, 9.17) is 9.47 Å². The molecule has 0 radical (unpaired) electrons. The van der Waals surface area contributed by atoms with Gasteiger partial charge < -0.3 is 9.47 Å². The van der Waals surface area contributed by atoms with Gasteiger partial charge in [-0.05, 0) is 48.2 Å². The van der Waals surface area contributed by atoms with E-state index in [1.807, 2.05) is 18.2 Å². The Morgan fingerprint density at radius 2 is 1.40 bits per heavy atom. The smallest absolute Gasteiger partial charge is 0.241 e. The summed E-state index contributed by atoms with van der Waals surface area (Å²) in [7, 11) is -0.499. The minimum Gasteiger partial charge on any atom is -0.493 e. The summed E-state index contributed by atoms with van der Waals surface area (Å²) in [5.74, 6) is 1.52. The fourth-order valence-corrected chi connectivity index (χ4v) is 3.75. The molecule has 0 aliphatic rings. The molecule has 2 aromatic rings. The van der Waals surface area contributed by atoms with Crippen molar-refractivity contribution in [3.8, 4) is 11.5 Å². The van der Waals surface area contributed by atoms with Crippen LogP contribution in [0.3, 0.4) is 0 Å². The Balaban J connectivity index is 2.22. The molecule has 2 aromatic carbocycles. The van der Waals surface area contributed by atoms with E-state index in [0.29, 0.717) is 17.4 Å². The second-order valence-electron chi connectivity index (χ2n) is 6.18. The zero-order chi connectivity index (χ0) is 18.6. The third-order valence-electron chi connectivity index (χ3n) is 4.10. The van der Waals surface area contributed by atoms with Crippen molar-refractivity contribution in [3.05, 3.63) is 53.6 Å². The van der Waals surface area contributed by atoms with Crippen LogP contribution >= 0.6 is 0 Å². The van der Waals surface area contributed by atoms with Crippen molar-refractivity contribution < 1.29 is 17.9 Å². The molecule has 6 heteroatoms. The van der Waals surface area contributed by atoms with Gasteiger partial charge in [0, 0.05) is 6.04 Å². The van der Waals surface area contributed by atoms with Crippen molar-refractivity contribution in [1.29, 1.82) is 0 Å². The molecule has 0 spiro atoms. The van der Waals surface area contributed by atoms with Gasteiger partial charge in [0.2, 0.25) is 10.0 Å². The SMILES string of the molecule is COc1ccc(C(C)NS(=O)(=O)c2ccc(C(C)C)cc2)cc1OC. The Kier molecular flexibility index (Phi) is 6.08. The van der Waals surface area contributed by atoms with Gasteiger partial charge in [0.25, 0.3) is 0 Å². The van der Waals surface area contributed by atoms with E-state index in [0.717, 1.165) is 11.1 Å². The minimum atomic E-state index is -3.61. The van der Waals surface area contributed by atoms with E-state index in [9.17, 15) is 8.42 Å². The van der Waals surface area contributed by atoms with Gasteiger partial charge in [0.1, 0.15) is 0 Å². The summed E-state index contributed by atoms with van der Waals surface area (Å²) in [5.41, 5.74) is 1.90. The summed E-state index contributed by atoms with van der Waals surface area (Å²) in [6.07, 6.45) is 0. The number of methoxy groups -OCH3 is 2. The Morgan fingerprint density at radius 3 is 1.92 bits per heavy atom. The maximum atomic E-state index is 12.6. The highest BCUT2D eigenvalue weighted by molar-refractivity contribution is 7.89. The summed E-state index contributed by atoms with van der Waals surface area (Å²) < 4.78 is 38.4. The van der Waals surface area contributed by atoms with Crippen molar-refractivity contribution in [3.63, 3.8) is 0 Å². The fraction of sp³-hybridized carbons (Fsp3) is 0.368. The second kappa shape index (κ2) is 7.89. The van der Waals surface area contributed by atoms with Crippen LogP contribution in [0.25, 0.3) is 0 Å². The molecule has 1 N–H and O–H groups in total. The Bertz CT molecular complexity index is 814. The Hall–Kier alpha value is -2.05. The molecule has 0 saturated heterocycles. The summed E-state index contributed by atoms with van der Waals surface area (Å²) in [4.78, 5) is 0.254. The first-order chi connectivity index (χ1) is 11.8. The van der Waals surface area contributed by atoms with Crippen LogP contribution < -0.4 is 14.2 Å². The molecule has 5 nitrogen and oxygen atoms in total. The summed E-state index contributed by atoms with van der Waals surface area (Å²) in [6.45, 7) is 5.93. The lowest BCUT2D eigenvalue weighted by molar-refractivity contribution is 0.354. The molecule has 0 aromatic heterocycles.